The molecule has 5 nitrogen and oxygen atoms in total. The first-order valence-electron chi connectivity index (χ1n) is 4.62. The van der Waals surface area contributed by atoms with Gasteiger partial charge in [0.15, 0.2) is 0 Å². The SMILES string of the molecule is COc1cc(-n2ccnc2)ccc1C(=O)O. The van der Waals surface area contributed by atoms with Crippen LogP contribution in [-0.4, -0.2) is 27.7 Å². The van der Waals surface area contributed by atoms with E-state index in [0.717, 1.165) is 5.69 Å². The zero-order valence-electron chi connectivity index (χ0n) is 8.62. The van der Waals surface area contributed by atoms with Crippen LogP contribution < -0.4 is 4.74 Å². The van der Waals surface area contributed by atoms with Crippen molar-refractivity contribution in [3.8, 4) is 11.4 Å². The number of hydrogen-bond donors (Lipinski definition) is 1. The summed E-state index contributed by atoms with van der Waals surface area (Å²) in [5, 5.41) is 8.92. The highest BCUT2D eigenvalue weighted by Crippen LogP contribution is 2.22. The summed E-state index contributed by atoms with van der Waals surface area (Å²) in [6, 6.07) is 4.87. The highest BCUT2D eigenvalue weighted by Gasteiger charge is 2.11. The van der Waals surface area contributed by atoms with Gasteiger partial charge in [-0.25, -0.2) is 9.78 Å². The summed E-state index contributed by atoms with van der Waals surface area (Å²) in [6.45, 7) is 0. The molecule has 2 rings (SSSR count). The predicted molar refractivity (Wildman–Crippen MR) is 57.1 cm³/mol. The van der Waals surface area contributed by atoms with E-state index in [4.69, 9.17) is 9.84 Å². The standard InChI is InChI=1S/C11H10N2O3/c1-16-10-6-8(13-5-4-12-7-13)2-3-9(10)11(14)15/h2-7H,1H3,(H,14,15). The summed E-state index contributed by atoms with van der Waals surface area (Å²) in [7, 11) is 1.44. The first-order valence-corrected chi connectivity index (χ1v) is 4.62. The molecule has 0 aliphatic heterocycles. The van der Waals surface area contributed by atoms with E-state index in [1.165, 1.54) is 13.2 Å². The van der Waals surface area contributed by atoms with Crippen molar-refractivity contribution in [3.05, 3.63) is 42.5 Å². The van der Waals surface area contributed by atoms with Gasteiger partial charge < -0.3 is 14.4 Å². The van der Waals surface area contributed by atoms with Gasteiger partial charge >= 0.3 is 5.97 Å². The average molecular weight is 218 g/mol. The fraction of sp³-hybridized carbons (Fsp3) is 0.0909. The zero-order chi connectivity index (χ0) is 11.5. The molecule has 82 valence electrons. The van der Waals surface area contributed by atoms with Gasteiger partial charge in [-0.15, -0.1) is 0 Å². The lowest BCUT2D eigenvalue weighted by atomic mass is 10.2. The van der Waals surface area contributed by atoms with E-state index in [-0.39, 0.29) is 5.56 Å². The van der Waals surface area contributed by atoms with E-state index in [1.54, 1.807) is 35.4 Å². The van der Waals surface area contributed by atoms with Gasteiger partial charge in [0.2, 0.25) is 0 Å². The zero-order valence-corrected chi connectivity index (χ0v) is 8.62. The molecule has 1 aromatic carbocycles. The van der Waals surface area contributed by atoms with E-state index in [0.29, 0.717) is 5.75 Å². The summed E-state index contributed by atoms with van der Waals surface area (Å²) in [5.74, 6) is -0.673. The molecule has 0 aliphatic rings. The van der Waals surface area contributed by atoms with Crippen LogP contribution in [0.3, 0.4) is 0 Å². The van der Waals surface area contributed by atoms with Crippen LogP contribution in [0.2, 0.25) is 0 Å². The Labute approximate surface area is 91.9 Å². The summed E-state index contributed by atoms with van der Waals surface area (Å²) in [4.78, 5) is 14.8. The molecule has 0 fully saturated rings. The number of carbonyl (C=O) groups is 1. The summed E-state index contributed by atoms with van der Waals surface area (Å²) >= 11 is 0. The Morgan fingerprint density at radius 3 is 2.88 bits per heavy atom. The molecule has 0 amide bonds. The molecular weight excluding hydrogens is 208 g/mol. The van der Waals surface area contributed by atoms with Gasteiger partial charge in [-0.3, -0.25) is 0 Å². The molecule has 2 aromatic rings. The second-order valence-electron chi connectivity index (χ2n) is 3.16. The quantitative estimate of drug-likeness (QED) is 0.849. The molecule has 0 spiro atoms. The second-order valence-corrected chi connectivity index (χ2v) is 3.16. The van der Waals surface area contributed by atoms with Crippen LogP contribution in [0.25, 0.3) is 5.69 Å². The van der Waals surface area contributed by atoms with E-state index in [9.17, 15) is 4.79 Å². The average Bonchev–Trinajstić information content (AvgIpc) is 2.81. The largest absolute Gasteiger partial charge is 0.496 e. The minimum Gasteiger partial charge on any atom is -0.496 e. The van der Waals surface area contributed by atoms with E-state index in [1.807, 2.05) is 0 Å². The van der Waals surface area contributed by atoms with E-state index < -0.39 is 5.97 Å². The summed E-state index contributed by atoms with van der Waals surface area (Å²) in [5.41, 5.74) is 0.950. The van der Waals surface area contributed by atoms with Crippen LogP contribution in [0.5, 0.6) is 5.75 Å². The maximum absolute atomic E-state index is 10.9. The third-order valence-corrected chi connectivity index (χ3v) is 2.22. The number of hydrogen-bond acceptors (Lipinski definition) is 3. The van der Waals surface area contributed by atoms with Crippen LogP contribution in [0.4, 0.5) is 0 Å². The van der Waals surface area contributed by atoms with Crippen LogP contribution in [0.15, 0.2) is 36.9 Å². The number of carboxylic acids is 1. The summed E-state index contributed by atoms with van der Waals surface area (Å²) < 4.78 is 6.80. The Balaban J connectivity index is 2.49. The van der Waals surface area contributed by atoms with Crippen molar-refractivity contribution in [3.63, 3.8) is 0 Å². The van der Waals surface area contributed by atoms with Crippen molar-refractivity contribution in [1.82, 2.24) is 9.55 Å². The molecule has 0 atom stereocenters. The number of ether oxygens (including phenoxy) is 1. The molecule has 0 aliphatic carbocycles. The molecule has 5 heteroatoms. The second kappa shape index (κ2) is 4.06. The Kier molecular flexibility index (Phi) is 2.59. The number of nitrogens with zero attached hydrogens (tertiary/aromatic N) is 2. The minimum atomic E-state index is -1.01. The van der Waals surface area contributed by atoms with Gasteiger partial charge in [-0.05, 0) is 12.1 Å². The van der Waals surface area contributed by atoms with E-state index in [2.05, 4.69) is 4.98 Å². The molecule has 1 aromatic heterocycles. The molecule has 0 radical (unpaired) electrons. The predicted octanol–water partition coefficient (Wildman–Crippen LogP) is 1.58. The van der Waals surface area contributed by atoms with Crippen LogP contribution in [0.1, 0.15) is 10.4 Å². The first kappa shape index (κ1) is 10.2. The fourth-order valence-electron chi connectivity index (χ4n) is 1.43. The number of benzene rings is 1. The Hall–Kier alpha value is -2.30. The third-order valence-electron chi connectivity index (χ3n) is 2.22. The van der Waals surface area contributed by atoms with Gasteiger partial charge in [0.25, 0.3) is 0 Å². The van der Waals surface area contributed by atoms with Crippen molar-refractivity contribution >= 4 is 5.97 Å². The molecule has 0 unspecified atom stereocenters. The number of rotatable bonds is 3. The Morgan fingerprint density at radius 1 is 1.50 bits per heavy atom. The maximum Gasteiger partial charge on any atom is 0.339 e. The minimum absolute atomic E-state index is 0.145. The lowest BCUT2D eigenvalue weighted by Gasteiger charge is -2.08. The smallest absolute Gasteiger partial charge is 0.339 e. The highest BCUT2D eigenvalue weighted by molar-refractivity contribution is 5.91. The molecular formula is C11H10N2O3. The van der Waals surface area contributed by atoms with Gasteiger partial charge in [-0.1, -0.05) is 0 Å². The molecule has 0 saturated carbocycles. The monoisotopic (exact) mass is 218 g/mol. The van der Waals surface area contributed by atoms with Gasteiger partial charge in [-0.2, -0.15) is 0 Å². The Morgan fingerprint density at radius 2 is 2.31 bits per heavy atom. The van der Waals surface area contributed by atoms with Crippen LogP contribution in [-0.2, 0) is 0 Å². The number of carboxylic acid groups (broad SMARTS) is 1. The van der Waals surface area contributed by atoms with Gasteiger partial charge in [0.1, 0.15) is 11.3 Å². The summed E-state index contributed by atoms with van der Waals surface area (Å²) in [6.07, 6.45) is 5.06. The van der Waals surface area contributed by atoms with Gasteiger partial charge in [0, 0.05) is 18.5 Å². The lowest BCUT2D eigenvalue weighted by molar-refractivity contribution is 0.0693. The van der Waals surface area contributed by atoms with Gasteiger partial charge in [0.05, 0.1) is 19.1 Å². The fourth-order valence-corrected chi connectivity index (χ4v) is 1.43. The topological polar surface area (TPSA) is 64.4 Å². The maximum atomic E-state index is 10.9. The van der Waals surface area contributed by atoms with Crippen molar-refractivity contribution in [2.75, 3.05) is 7.11 Å². The van der Waals surface area contributed by atoms with Crippen LogP contribution >= 0.6 is 0 Å². The van der Waals surface area contributed by atoms with Crippen molar-refractivity contribution in [2.24, 2.45) is 0 Å². The number of aromatic nitrogens is 2. The molecule has 0 bridgehead atoms. The molecule has 16 heavy (non-hydrogen) atoms. The first-order chi connectivity index (χ1) is 7.72. The third kappa shape index (κ3) is 1.75. The Bertz CT molecular complexity index is 506. The highest BCUT2D eigenvalue weighted by atomic mass is 16.5. The van der Waals surface area contributed by atoms with Crippen molar-refractivity contribution in [2.45, 2.75) is 0 Å². The van der Waals surface area contributed by atoms with E-state index >= 15 is 0 Å². The number of aromatic carboxylic acids is 1. The molecule has 1 heterocycles. The van der Waals surface area contributed by atoms with Crippen LogP contribution in [0, 0.1) is 0 Å². The van der Waals surface area contributed by atoms with Crippen molar-refractivity contribution in [1.29, 1.82) is 0 Å². The lowest BCUT2D eigenvalue weighted by Crippen LogP contribution is -2.01. The number of imidazole rings is 1. The normalized spacial score (nSPS) is 10.1. The van der Waals surface area contributed by atoms with Crippen molar-refractivity contribution < 1.29 is 14.6 Å². The molecule has 1 N–H and O–H groups in total. The molecule has 0 saturated heterocycles. The number of methoxy groups -OCH3 is 1.